The van der Waals surface area contributed by atoms with Crippen LogP contribution >= 0.6 is 0 Å². The highest BCUT2D eigenvalue weighted by Crippen LogP contribution is 2.40. The molecule has 2 aromatic heterocycles. The molecule has 0 bridgehead atoms. The van der Waals surface area contributed by atoms with Crippen molar-refractivity contribution in [1.29, 1.82) is 0 Å². The van der Waals surface area contributed by atoms with E-state index in [1.54, 1.807) is 23.0 Å². The molecule has 40 heavy (non-hydrogen) atoms. The molecule has 0 spiro atoms. The SMILES string of the molecule is CCC(C)c1ccc(-n2c(-c3cc(C)c(OCCCC(C)(C)[Si](C)(C)O)c(C)c3)nc3ccncc3c2=O)cc1. The van der Waals surface area contributed by atoms with Crippen molar-refractivity contribution >= 4 is 19.2 Å². The second kappa shape index (κ2) is 11.7. The van der Waals surface area contributed by atoms with Crippen molar-refractivity contribution < 1.29 is 9.53 Å². The second-order valence-corrected chi connectivity index (χ2v) is 16.7. The first kappa shape index (κ1) is 29.7. The van der Waals surface area contributed by atoms with Crippen molar-refractivity contribution in [2.75, 3.05) is 6.61 Å². The van der Waals surface area contributed by atoms with Gasteiger partial charge in [0.25, 0.3) is 5.56 Å². The Morgan fingerprint density at radius 3 is 2.33 bits per heavy atom. The van der Waals surface area contributed by atoms with Gasteiger partial charge in [-0.1, -0.05) is 39.8 Å². The first-order chi connectivity index (χ1) is 18.8. The number of hydrogen-bond acceptors (Lipinski definition) is 5. The van der Waals surface area contributed by atoms with Crippen molar-refractivity contribution in [3.8, 4) is 22.8 Å². The lowest BCUT2D eigenvalue weighted by molar-refractivity contribution is 0.291. The molecular formula is C33H43N3O3Si. The zero-order valence-corrected chi connectivity index (χ0v) is 26.2. The molecule has 7 heteroatoms. The molecular weight excluding hydrogens is 514 g/mol. The molecule has 0 aliphatic rings. The van der Waals surface area contributed by atoms with Gasteiger partial charge in [0.1, 0.15) is 11.6 Å². The summed E-state index contributed by atoms with van der Waals surface area (Å²) in [6.45, 7) is 17.3. The van der Waals surface area contributed by atoms with E-state index in [1.165, 1.54) is 5.56 Å². The Kier molecular flexibility index (Phi) is 8.66. The number of aromatic nitrogens is 3. The van der Waals surface area contributed by atoms with Crippen molar-refractivity contribution in [2.45, 2.75) is 84.9 Å². The van der Waals surface area contributed by atoms with Crippen LogP contribution in [0.15, 0.2) is 59.7 Å². The average Bonchev–Trinajstić information content (AvgIpc) is 2.91. The number of fused-ring (bicyclic) bond motifs is 1. The van der Waals surface area contributed by atoms with Crippen LogP contribution in [0.1, 0.15) is 69.6 Å². The maximum atomic E-state index is 13.8. The summed E-state index contributed by atoms with van der Waals surface area (Å²) in [5, 5.41) is 0.417. The van der Waals surface area contributed by atoms with Gasteiger partial charge in [-0.05, 0) is 104 Å². The summed E-state index contributed by atoms with van der Waals surface area (Å²) in [6.07, 6.45) is 6.10. The minimum atomic E-state index is -2.24. The van der Waals surface area contributed by atoms with Crippen LogP contribution in [0.4, 0.5) is 0 Å². The van der Waals surface area contributed by atoms with E-state index in [0.29, 0.717) is 29.3 Å². The Morgan fingerprint density at radius 1 is 1.07 bits per heavy atom. The number of nitrogens with zero attached hydrogens (tertiary/aromatic N) is 3. The molecule has 2 heterocycles. The minimum absolute atomic E-state index is 0.0714. The maximum absolute atomic E-state index is 13.8. The summed E-state index contributed by atoms with van der Waals surface area (Å²) in [4.78, 5) is 33.5. The molecule has 1 N–H and O–H groups in total. The van der Waals surface area contributed by atoms with Crippen molar-refractivity contribution in [1.82, 2.24) is 14.5 Å². The predicted molar refractivity (Wildman–Crippen MR) is 167 cm³/mol. The molecule has 1 unspecified atom stereocenters. The lowest BCUT2D eigenvalue weighted by Gasteiger charge is -2.35. The van der Waals surface area contributed by atoms with Gasteiger partial charge in [-0.15, -0.1) is 0 Å². The molecule has 212 valence electrons. The Balaban J connectivity index is 1.71. The van der Waals surface area contributed by atoms with E-state index in [1.807, 2.05) is 39.1 Å². The Labute approximate surface area is 239 Å². The van der Waals surface area contributed by atoms with Gasteiger partial charge in [-0.3, -0.25) is 14.3 Å². The van der Waals surface area contributed by atoms with Gasteiger partial charge < -0.3 is 9.53 Å². The van der Waals surface area contributed by atoms with Gasteiger partial charge >= 0.3 is 0 Å². The molecule has 0 aliphatic heterocycles. The first-order valence-corrected chi connectivity index (χ1v) is 17.2. The number of pyridine rings is 1. The zero-order chi connectivity index (χ0) is 29.2. The molecule has 2 aromatic carbocycles. The molecule has 0 amide bonds. The lowest BCUT2D eigenvalue weighted by Crippen LogP contribution is -2.39. The van der Waals surface area contributed by atoms with Crippen molar-refractivity contribution in [2.24, 2.45) is 0 Å². The van der Waals surface area contributed by atoms with Crippen LogP contribution in [0.3, 0.4) is 0 Å². The van der Waals surface area contributed by atoms with E-state index >= 15 is 0 Å². The van der Waals surface area contributed by atoms with Crippen LogP contribution < -0.4 is 10.3 Å². The molecule has 0 saturated carbocycles. The number of aryl methyl sites for hydroxylation is 2. The van der Waals surface area contributed by atoms with Crippen LogP contribution in [0.5, 0.6) is 5.75 Å². The van der Waals surface area contributed by atoms with E-state index in [2.05, 4.69) is 56.9 Å². The van der Waals surface area contributed by atoms with E-state index in [0.717, 1.165) is 47.4 Å². The second-order valence-electron chi connectivity index (χ2n) is 12.2. The summed E-state index contributed by atoms with van der Waals surface area (Å²) in [5.41, 5.74) is 5.35. The third kappa shape index (κ3) is 6.05. The largest absolute Gasteiger partial charge is 0.493 e. The first-order valence-electron chi connectivity index (χ1n) is 14.3. The Morgan fingerprint density at radius 2 is 1.73 bits per heavy atom. The normalized spacial score (nSPS) is 13.0. The van der Waals surface area contributed by atoms with Crippen molar-refractivity contribution in [3.05, 3.63) is 81.9 Å². The van der Waals surface area contributed by atoms with Crippen LogP contribution in [0.2, 0.25) is 18.1 Å². The van der Waals surface area contributed by atoms with Crippen LogP contribution in [0.25, 0.3) is 28.0 Å². The number of benzene rings is 2. The summed E-state index contributed by atoms with van der Waals surface area (Å²) >= 11 is 0. The van der Waals surface area contributed by atoms with Crippen LogP contribution in [-0.4, -0.2) is 34.3 Å². The summed E-state index contributed by atoms with van der Waals surface area (Å²) in [7, 11) is -2.24. The fourth-order valence-electron chi connectivity index (χ4n) is 4.95. The minimum Gasteiger partial charge on any atom is -0.493 e. The summed E-state index contributed by atoms with van der Waals surface area (Å²) in [6, 6.07) is 14.1. The number of rotatable bonds is 10. The molecule has 6 nitrogen and oxygen atoms in total. The van der Waals surface area contributed by atoms with Gasteiger partial charge in [0.15, 0.2) is 8.32 Å². The smallest absolute Gasteiger partial charge is 0.267 e. The Hall–Kier alpha value is -3.29. The topological polar surface area (TPSA) is 77.2 Å². The van der Waals surface area contributed by atoms with E-state index < -0.39 is 8.32 Å². The fraction of sp³-hybridized carbons (Fsp3) is 0.424. The molecule has 0 radical (unpaired) electrons. The number of hydrogen-bond donors (Lipinski definition) is 1. The highest BCUT2D eigenvalue weighted by atomic mass is 28.4. The predicted octanol–water partition coefficient (Wildman–Crippen LogP) is 7.71. The lowest BCUT2D eigenvalue weighted by atomic mass is 9.98. The Bertz CT molecular complexity index is 1530. The van der Waals surface area contributed by atoms with Crippen LogP contribution in [0, 0.1) is 13.8 Å². The standard InChI is InChI=1S/C33H43N3O3Si/c1-9-22(2)25-11-13-27(14-12-25)36-31(35-29-15-17-34-21-28(29)32(36)37)26-19-23(3)30(24(4)20-26)39-18-10-16-33(5,6)40(7,8)38/h11-15,17,19-22,38H,9-10,16,18H2,1-8H3. The quantitative estimate of drug-likeness (QED) is 0.160. The van der Waals surface area contributed by atoms with Crippen molar-refractivity contribution in [3.63, 3.8) is 0 Å². The number of ether oxygens (including phenoxy) is 1. The monoisotopic (exact) mass is 557 g/mol. The van der Waals surface area contributed by atoms with E-state index in [-0.39, 0.29) is 10.6 Å². The fourth-order valence-corrected chi connectivity index (χ4v) is 5.74. The molecule has 4 aromatic rings. The molecule has 1 atom stereocenters. The maximum Gasteiger partial charge on any atom is 0.267 e. The van der Waals surface area contributed by atoms with Gasteiger partial charge in [0.2, 0.25) is 0 Å². The summed E-state index contributed by atoms with van der Waals surface area (Å²) < 4.78 is 7.95. The summed E-state index contributed by atoms with van der Waals surface area (Å²) in [5.74, 6) is 1.90. The van der Waals surface area contributed by atoms with Gasteiger partial charge in [-0.25, -0.2) is 4.98 Å². The highest BCUT2D eigenvalue weighted by molar-refractivity contribution is 6.72. The zero-order valence-electron chi connectivity index (χ0n) is 25.2. The van der Waals surface area contributed by atoms with Gasteiger partial charge in [0, 0.05) is 18.0 Å². The molecule has 0 saturated heterocycles. The molecule has 0 fully saturated rings. The third-order valence-electron chi connectivity index (χ3n) is 8.57. The van der Waals surface area contributed by atoms with E-state index in [9.17, 15) is 9.59 Å². The molecule has 0 aliphatic carbocycles. The van der Waals surface area contributed by atoms with Crippen LogP contribution in [-0.2, 0) is 0 Å². The third-order valence-corrected chi connectivity index (χ3v) is 12.1. The average molecular weight is 558 g/mol. The van der Waals surface area contributed by atoms with E-state index in [4.69, 9.17) is 9.72 Å². The van der Waals surface area contributed by atoms with Gasteiger partial charge in [0.05, 0.1) is 23.2 Å². The highest BCUT2D eigenvalue weighted by Gasteiger charge is 2.37. The van der Waals surface area contributed by atoms with Gasteiger partial charge in [-0.2, -0.15) is 0 Å². The molecule has 4 rings (SSSR count).